The Balaban J connectivity index is 0.000000187. The van der Waals surface area contributed by atoms with Crippen LogP contribution in [0, 0.1) is 63.2 Å². The van der Waals surface area contributed by atoms with Crippen LogP contribution < -0.4 is 9.47 Å². The number of nitrogens with zero attached hydrogens (tertiary/aromatic N) is 3. The van der Waals surface area contributed by atoms with Crippen LogP contribution >= 0.6 is 12.4 Å². The molecule has 18 heteroatoms. The zero-order valence-corrected chi connectivity index (χ0v) is 55.1. The van der Waals surface area contributed by atoms with Crippen molar-refractivity contribution in [3.63, 3.8) is 0 Å². The Morgan fingerprint density at radius 1 is 0.611 bits per heavy atom. The Morgan fingerprint density at radius 3 is 1.33 bits per heavy atom. The summed E-state index contributed by atoms with van der Waals surface area (Å²) in [6.07, 6.45) is 9.94. The first kappa shape index (κ1) is 71.1. The third-order valence-corrected chi connectivity index (χ3v) is 21.7. The second-order valence-corrected chi connectivity index (χ2v) is 28.6. The highest BCUT2D eigenvalue weighted by atomic mass is 35.5. The smallest absolute Gasteiger partial charge is 0.344 e. The number of aryl methyl sites for hydroxylation is 4. The minimum absolute atomic E-state index is 0. The van der Waals surface area contributed by atoms with E-state index in [-0.39, 0.29) is 77.1 Å². The van der Waals surface area contributed by atoms with Crippen LogP contribution in [0.1, 0.15) is 99.8 Å². The number of ether oxygens (including phenoxy) is 3. The Morgan fingerprint density at radius 2 is 0.978 bits per heavy atom. The van der Waals surface area contributed by atoms with Gasteiger partial charge in [-0.05, 0) is 216 Å². The van der Waals surface area contributed by atoms with E-state index in [1.165, 1.54) is 29.4 Å². The van der Waals surface area contributed by atoms with E-state index < -0.39 is 17.2 Å². The molecule has 8 aliphatic rings. The highest BCUT2D eigenvalue weighted by Crippen LogP contribution is 2.56. The van der Waals surface area contributed by atoms with Gasteiger partial charge in [-0.25, -0.2) is 19.6 Å². The molecule has 12 nitrogen and oxygen atoms in total. The van der Waals surface area contributed by atoms with E-state index in [0.29, 0.717) is 49.7 Å². The zero-order chi connectivity index (χ0) is 63.7. The molecule has 14 rings (SSSR count). The molecule has 8 saturated carbocycles. The van der Waals surface area contributed by atoms with Crippen molar-refractivity contribution in [2.24, 2.45) is 45.5 Å². The Bertz CT molecular complexity index is 3240. The SMILES string of the molecule is CCN=C=NCCCN(C)C.Cc1cc([S+](c2ccccc2)c2ccccc2)cc(C)c1OCC(=O)O.Cc1cc([S+](c2ccccc2)c2ccccc2)cc(C)c1OCC(=O)OC12CC3CC(C1)C(=O)C(C3)C2.Cl.O=C1C2CC3CC1CC(O)(C3)C2.[B][B][BH3-]. The fraction of sp³-hybridized carbons (Fsp3) is 0.431. The highest BCUT2D eigenvalue weighted by Gasteiger charge is 2.57. The van der Waals surface area contributed by atoms with Gasteiger partial charge in [0.2, 0.25) is 0 Å². The molecule has 0 heterocycles. The van der Waals surface area contributed by atoms with E-state index in [4.69, 9.17) is 27.1 Å². The van der Waals surface area contributed by atoms with Gasteiger partial charge in [0.1, 0.15) is 28.7 Å². The fourth-order valence-electron chi connectivity index (χ4n) is 14.2. The molecule has 4 atom stereocenters. The molecule has 0 saturated heterocycles. The van der Waals surface area contributed by atoms with E-state index in [1.807, 2.05) is 58.9 Å². The summed E-state index contributed by atoms with van der Waals surface area (Å²) in [5, 5.41) is 18.9. The molecule has 4 unspecified atom stereocenters. The predicted octanol–water partition coefficient (Wildman–Crippen LogP) is 12.1. The lowest BCUT2D eigenvalue weighted by molar-refractivity contribution is -0.190. The molecule has 8 bridgehead atoms. The largest absolute Gasteiger partial charge is 0.481 e. The van der Waals surface area contributed by atoms with E-state index in [0.717, 1.165) is 105 Å². The first-order valence-corrected chi connectivity index (χ1v) is 33.3. The van der Waals surface area contributed by atoms with Gasteiger partial charge in [0.15, 0.2) is 42.6 Å². The summed E-state index contributed by atoms with van der Waals surface area (Å²) < 4.78 is 17.6. The van der Waals surface area contributed by atoms with Gasteiger partial charge < -0.3 is 29.3 Å². The summed E-state index contributed by atoms with van der Waals surface area (Å²) in [7, 11) is 10.6. The molecule has 3 radical (unpaired) electrons. The second-order valence-electron chi connectivity index (χ2n) is 24.6. The number of carbonyl (C=O) groups excluding carboxylic acids is 3. The molecule has 0 spiro atoms. The minimum Gasteiger partial charge on any atom is -0.481 e. The molecule has 90 heavy (non-hydrogen) atoms. The van der Waals surface area contributed by atoms with Crippen molar-refractivity contribution in [2.45, 2.75) is 146 Å². The van der Waals surface area contributed by atoms with Gasteiger partial charge in [-0.1, -0.05) is 80.5 Å². The third kappa shape index (κ3) is 19.1. The number of carboxylic acids is 1. The van der Waals surface area contributed by atoms with Gasteiger partial charge in [0.25, 0.3) is 0 Å². The first-order chi connectivity index (χ1) is 42.8. The molecular formula is C72H89B3ClN3O9S2+. The number of benzene rings is 6. The molecule has 8 aliphatic carbocycles. The summed E-state index contributed by atoms with van der Waals surface area (Å²) >= 11 is 0. The zero-order valence-electron chi connectivity index (χ0n) is 52.6. The van der Waals surface area contributed by atoms with Crippen molar-refractivity contribution >= 4 is 86.2 Å². The van der Waals surface area contributed by atoms with Crippen LogP contribution in [0.15, 0.2) is 185 Å². The van der Waals surface area contributed by atoms with Crippen LogP contribution in [-0.4, -0.2) is 125 Å². The summed E-state index contributed by atoms with van der Waals surface area (Å²) in [5.74, 6) is 2.74. The van der Waals surface area contributed by atoms with Crippen LogP contribution in [0.5, 0.6) is 11.5 Å². The predicted molar refractivity (Wildman–Crippen MR) is 369 cm³/mol. The van der Waals surface area contributed by atoms with Gasteiger partial charge in [-0.3, -0.25) is 9.59 Å². The topological polar surface area (TPSA) is 164 Å². The quantitative estimate of drug-likeness (QED) is 0.0278. The maximum Gasteiger partial charge on any atom is 0.344 e. The third-order valence-electron chi connectivity index (χ3n) is 17.3. The molecule has 0 aliphatic heterocycles. The van der Waals surface area contributed by atoms with Crippen molar-refractivity contribution in [1.29, 1.82) is 0 Å². The maximum absolute atomic E-state index is 12.9. The summed E-state index contributed by atoms with van der Waals surface area (Å²) in [6.45, 7) is 12.2. The van der Waals surface area contributed by atoms with Crippen LogP contribution in [0.2, 0.25) is 0 Å². The number of ketones is 2. The Labute approximate surface area is 549 Å². The number of Topliss-reactive ketones (excluding diaryl/α,β-unsaturated/α-hetero) is 2. The number of hydrogen-bond donors (Lipinski definition) is 2. The average molecular weight is 1270 g/mol. The van der Waals surface area contributed by atoms with Gasteiger partial charge in [0.05, 0.1) is 39.9 Å². The molecular weight excluding hydrogens is 1180 g/mol. The molecule has 473 valence electrons. The Hall–Kier alpha value is -6.32. The highest BCUT2D eigenvalue weighted by molar-refractivity contribution is 7.97. The lowest BCUT2D eigenvalue weighted by Gasteiger charge is -2.54. The number of aliphatic carboxylic acids is 1. The number of halogens is 1. The number of aliphatic hydroxyl groups is 1. The van der Waals surface area contributed by atoms with Gasteiger partial charge in [-0.2, -0.15) is 7.06 Å². The van der Waals surface area contributed by atoms with E-state index >= 15 is 0 Å². The number of hydrogen-bond acceptors (Lipinski definition) is 11. The van der Waals surface area contributed by atoms with Crippen molar-refractivity contribution < 1.29 is 43.6 Å². The lowest BCUT2D eigenvalue weighted by atomic mass is 9.40. The minimum atomic E-state index is -0.971. The van der Waals surface area contributed by atoms with Crippen molar-refractivity contribution in [3.8, 4) is 11.5 Å². The van der Waals surface area contributed by atoms with Crippen LogP contribution in [0.3, 0.4) is 0 Å². The molecule has 0 aromatic heterocycles. The molecule has 2 N–H and O–H groups in total. The summed E-state index contributed by atoms with van der Waals surface area (Å²) in [5.41, 5.74) is 3.01. The summed E-state index contributed by atoms with van der Waals surface area (Å²) in [6, 6.07) is 53.2. The van der Waals surface area contributed by atoms with Crippen LogP contribution in [0.4, 0.5) is 0 Å². The number of carbonyl (C=O) groups is 4. The van der Waals surface area contributed by atoms with Crippen LogP contribution in [-0.2, 0) is 45.7 Å². The maximum atomic E-state index is 12.9. The normalized spacial score (nSPS) is 22.6. The molecule has 6 aromatic carbocycles. The van der Waals surface area contributed by atoms with E-state index in [1.54, 1.807) is 7.06 Å². The monoisotopic (exact) mass is 1270 g/mol. The number of rotatable bonds is 18. The van der Waals surface area contributed by atoms with E-state index in [9.17, 15) is 24.3 Å². The van der Waals surface area contributed by atoms with Gasteiger partial charge in [-0.15, -0.1) is 12.4 Å². The first-order valence-electron chi connectivity index (χ1n) is 30.9. The van der Waals surface area contributed by atoms with Crippen molar-refractivity contribution in [1.82, 2.24) is 4.90 Å². The van der Waals surface area contributed by atoms with Crippen LogP contribution in [0.25, 0.3) is 0 Å². The molecule has 0 amide bonds. The molecule has 6 aromatic rings. The fourth-order valence-corrected chi connectivity index (χ4v) is 18.8. The van der Waals surface area contributed by atoms with Gasteiger partial charge in [0, 0.05) is 54.5 Å². The Kier molecular flexibility index (Phi) is 26.7. The molecule has 8 fully saturated rings. The number of aliphatic imine (C=N–C) groups is 2. The van der Waals surface area contributed by atoms with Crippen molar-refractivity contribution in [2.75, 3.05) is 46.9 Å². The average Bonchev–Trinajstić information content (AvgIpc) is 0.824. The van der Waals surface area contributed by atoms with Gasteiger partial charge >= 0.3 is 11.9 Å². The summed E-state index contributed by atoms with van der Waals surface area (Å²) in [4.78, 5) is 65.3. The van der Waals surface area contributed by atoms with E-state index in [2.05, 4.69) is 156 Å². The van der Waals surface area contributed by atoms with Crippen molar-refractivity contribution in [3.05, 3.63) is 168 Å². The number of carboxylic acid groups (broad SMARTS) is 1. The lowest BCUT2D eigenvalue weighted by Crippen LogP contribution is -2.57. The number of esters is 1. The second kappa shape index (κ2) is 33.8. The standard InChI is InChI=1S/C32H33O4S.C22H20O3S.C10H14O2.C8H17N3.B3H3.ClH/c1-21-13-28(37(26-9-5-3-6-10-26)27-11-7-4-8-12-27)14-22(2)31(21)35-20-29(33)36-32-17-23-15-24(18-32)30(34)25(16-23)19-32;1-16-13-20(14-17(2)22(16)25-15-21(23)24)26(18-9-5-3-6-10-18)19-11-7-4-8-12-19;11-9-7-1-6-2-8(9)5-10(12,3-6)4-7;1-4-9-8-10-6-5-7-11(2)3;1-3-2;/h3-14,23-25H,15-20H2,1-2H3;3-14H,15H2,1-2H3;6-8,12H,1-5H2;4-7H2,1-3H3;1H3;1H/q+1;;;;-1;/p+1.